The zero-order valence-corrected chi connectivity index (χ0v) is 13.5. The van der Waals surface area contributed by atoms with Gasteiger partial charge in [0.15, 0.2) is 0 Å². The molecule has 0 nitrogen and oxygen atoms in total. The first-order valence-electron chi connectivity index (χ1n) is 6.73. The van der Waals surface area contributed by atoms with E-state index in [1.165, 1.54) is 16.7 Å². The van der Waals surface area contributed by atoms with Crippen LogP contribution in [0.5, 0.6) is 0 Å². The Hall–Kier alpha value is -1.54. The van der Waals surface area contributed by atoms with E-state index in [0.717, 1.165) is 0 Å². The summed E-state index contributed by atoms with van der Waals surface area (Å²) in [4.78, 5) is 2.55. The minimum atomic E-state index is -2.00. The van der Waals surface area contributed by atoms with Gasteiger partial charge in [0.25, 0.3) is 0 Å². The number of hydrogen-bond acceptors (Lipinski definition) is 0. The van der Waals surface area contributed by atoms with Crippen molar-refractivity contribution in [3.8, 4) is 0 Å². The summed E-state index contributed by atoms with van der Waals surface area (Å²) in [5, 5.41) is 0. The summed E-state index contributed by atoms with van der Waals surface area (Å²) in [6, 6.07) is 21.5. The molecular weight excluding hydrogens is 289 g/mol. The minimum absolute atomic E-state index is 1.34. The fourth-order valence-corrected chi connectivity index (χ4v) is 8.22. The summed E-state index contributed by atoms with van der Waals surface area (Å²) in [6.07, 6.45) is 2.41. The van der Waals surface area contributed by atoms with Crippen molar-refractivity contribution in [1.29, 1.82) is 0 Å². The van der Waals surface area contributed by atoms with Crippen molar-refractivity contribution in [2.45, 2.75) is 11.5 Å². The fourth-order valence-electron chi connectivity index (χ4n) is 2.72. The van der Waals surface area contributed by atoms with Crippen LogP contribution in [0, 0.1) is 0 Å². The zero-order chi connectivity index (χ0) is 13.3. The second kappa shape index (κ2) is 4.86. The van der Waals surface area contributed by atoms with E-state index in [4.69, 9.17) is 0 Å². The van der Waals surface area contributed by atoms with E-state index >= 15 is 0 Å². The van der Waals surface area contributed by atoms with Crippen LogP contribution in [-0.4, -0.2) is 13.3 Å². The molecule has 0 fully saturated rings. The molecule has 1 heteroatoms. The average Bonchev–Trinajstić information content (AvgIpc) is 2.77. The third-order valence-electron chi connectivity index (χ3n) is 3.70. The molecule has 0 bridgehead atoms. The Morgan fingerprint density at radius 1 is 0.684 bits per heavy atom. The molecule has 0 aliphatic carbocycles. The molecule has 0 aromatic heterocycles. The van der Waals surface area contributed by atoms with Crippen LogP contribution in [0.1, 0.15) is 11.1 Å². The van der Waals surface area contributed by atoms with Crippen LogP contribution >= 0.6 is 0 Å². The first-order chi connectivity index (χ1) is 9.17. The second-order valence-corrected chi connectivity index (χ2v) is 14.6. The topological polar surface area (TPSA) is 0 Å². The molecule has 19 heavy (non-hydrogen) atoms. The van der Waals surface area contributed by atoms with Gasteiger partial charge in [0.05, 0.1) is 0 Å². The van der Waals surface area contributed by atoms with E-state index in [2.05, 4.69) is 83.2 Å². The maximum atomic E-state index is 2.55. The van der Waals surface area contributed by atoms with Crippen LogP contribution in [-0.2, 0) is 0 Å². The van der Waals surface area contributed by atoms with Crippen molar-refractivity contribution in [2.75, 3.05) is 0 Å². The fraction of sp³-hybridized carbons (Fsp3) is 0.111. The van der Waals surface area contributed by atoms with Crippen molar-refractivity contribution in [3.05, 3.63) is 82.8 Å². The van der Waals surface area contributed by atoms with Gasteiger partial charge in [0.2, 0.25) is 0 Å². The zero-order valence-electron chi connectivity index (χ0n) is 11.4. The summed E-state index contributed by atoms with van der Waals surface area (Å²) < 4.78 is 1.58. The van der Waals surface area contributed by atoms with Gasteiger partial charge in [-0.15, -0.1) is 0 Å². The Morgan fingerprint density at radius 2 is 1.21 bits per heavy atom. The molecule has 0 atom stereocenters. The number of hydrogen-bond donors (Lipinski definition) is 0. The standard InChI is InChI=1S/C18H18Ge/c1-19(2)14-17(15-9-5-3-6-10-15)13-18(19)16-11-7-4-8-12-16/h3-14H,1-2H3. The molecule has 0 saturated heterocycles. The maximum absolute atomic E-state index is 2.55. The van der Waals surface area contributed by atoms with Crippen molar-refractivity contribution in [2.24, 2.45) is 0 Å². The SMILES string of the molecule is [CH3][Ge]1([CH3])[CH]=C(c2ccccc2)C=[C]1c1ccccc1. The van der Waals surface area contributed by atoms with Crippen molar-refractivity contribution in [1.82, 2.24) is 0 Å². The summed E-state index contributed by atoms with van der Waals surface area (Å²) in [5.41, 5.74) is 4.14. The number of rotatable bonds is 2. The molecular formula is C18H18Ge. The van der Waals surface area contributed by atoms with E-state index < -0.39 is 13.3 Å². The van der Waals surface area contributed by atoms with Crippen LogP contribution < -0.4 is 0 Å². The molecule has 0 radical (unpaired) electrons. The number of benzene rings is 2. The molecule has 0 amide bonds. The van der Waals surface area contributed by atoms with Gasteiger partial charge in [0.1, 0.15) is 0 Å². The van der Waals surface area contributed by atoms with Gasteiger partial charge < -0.3 is 0 Å². The van der Waals surface area contributed by atoms with Crippen molar-refractivity contribution < 1.29 is 0 Å². The predicted molar refractivity (Wildman–Crippen MR) is 86.3 cm³/mol. The third-order valence-corrected chi connectivity index (χ3v) is 9.69. The Morgan fingerprint density at radius 3 is 1.79 bits per heavy atom. The van der Waals surface area contributed by atoms with Crippen LogP contribution in [0.15, 0.2) is 71.6 Å². The van der Waals surface area contributed by atoms with E-state index in [1.54, 1.807) is 4.41 Å². The normalized spacial score (nSPS) is 16.9. The first kappa shape index (κ1) is 12.5. The van der Waals surface area contributed by atoms with Crippen molar-refractivity contribution in [3.63, 3.8) is 0 Å². The Kier molecular flexibility index (Phi) is 3.20. The summed E-state index contributed by atoms with van der Waals surface area (Å²) >= 11 is -2.00. The van der Waals surface area contributed by atoms with Crippen molar-refractivity contribution >= 4 is 23.2 Å². The van der Waals surface area contributed by atoms with Crippen LogP contribution in [0.25, 0.3) is 9.98 Å². The van der Waals surface area contributed by atoms with Gasteiger partial charge in [-0.05, 0) is 0 Å². The second-order valence-electron chi connectivity index (χ2n) is 5.61. The first-order valence-corrected chi connectivity index (χ1v) is 13.2. The van der Waals surface area contributed by atoms with Crippen LogP contribution in [0.4, 0.5) is 0 Å². The molecule has 0 N–H and O–H groups in total. The molecule has 0 saturated carbocycles. The predicted octanol–water partition coefficient (Wildman–Crippen LogP) is 4.95. The molecule has 2 aromatic carbocycles. The Bertz CT molecular complexity index is 634. The number of allylic oxidation sites excluding steroid dienone is 2. The van der Waals surface area contributed by atoms with Gasteiger partial charge in [0, 0.05) is 0 Å². The molecule has 0 unspecified atom stereocenters. The quantitative estimate of drug-likeness (QED) is 0.688. The van der Waals surface area contributed by atoms with Crippen LogP contribution in [0.2, 0.25) is 11.5 Å². The molecule has 2 aromatic rings. The van der Waals surface area contributed by atoms with Crippen LogP contribution in [0.3, 0.4) is 0 Å². The molecule has 1 heterocycles. The van der Waals surface area contributed by atoms with Gasteiger partial charge in [-0.3, -0.25) is 0 Å². The summed E-state index contributed by atoms with van der Waals surface area (Å²) in [7, 11) is 0. The monoisotopic (exact) mass is 308 g/mol. The van der Waals surface area contributed by atoms with Gasteiger partial charge in [-0.2, -0.15) is 0 Å². The van der Waals surface area contributed by atoms with Gasteiger partial charge >= 0.3 is 118 Å². The van der Waals surface area contributed by atoms with Gasteiger partial charge in [-0.25, -0.2) is 0 Å². The molecule has 3 rings (SSSR count). The Labute approximate surface area is 117 Å². The average molecular weight is 307 g/mol. The van der Waals surface area contributed by atoms with E-state index in [9.17, 15) is 0 Å². The summed E-state index contributed by atoms with van der Waals surface area (Å²) in [5.74, 6) is 4.93. The molecule has 0 spiro atoms. The Balaban J connectivity index is 2.05. The molecule has 1 aliphatic rings. The van der Waals surface area contributed by atoms with Gasteiger partial charge in [-0.1, -0.05) is 0 Å². The van der Waals surface area contributed by atoms with E-state index in [0.29, 0.717) is 0 Å². The van der Waals surface area contributed by atoms with E-state index in [1.807, 2.05) is 0 Å². The molecule has 94 valence electrons. The molecule has 1 aliphatic heterocycles. The summed E-state index contributed by atoms with van der Waals surface area (Å²) in [6.45, 7) is 0. The third kappa shape index (κ3) is 2.45. The van der Waals surface area contributed by atoms with E-state index in [-0.39, 0.29) is 0 Å².